The Hall–Kier alpha value is -3.92. The Morgan fingerprint density at radius 3 is 2.67 bits per heavy atom. The second-order valence-corrected chi connectivity index (χ2v) is 8.62. The molecule has 0 atom stereocenters. The molecule has 4 aromatic heterocycles. The molecular weight excluding hydrogens is 446 g/mol. The van der Waals surface area contributed by atoms with Gasteiger partial charge in [0.05, 0.1) is 17.5 Å². The molecule has 166 valence electrons. The largest absolute Gasteiger partial charge is 0.320 e. The molecule has 1 N–H and O–H groups in total. The lowest BCUT2D eigenvalue weighted by molar-refractivity contribution is 0.101. The number of imidazole rings is 1. The Kier molecular flexibility index (Phi) is 5.21. The zero-order valence-corrected chi connectivity index (χ0v) is 18.5. The molecule has 4 heterocycles. The number of carbonyl (C=O) groups is 1. The van der Waals surface area contributed by atoms with Gasteiger partial charge in [0.2, 0.25) is 0 Å². The van der Waals surface area contributed by atoms with Crippen LogP contribution in [0, 0.1) is 6.92 Å². The minimum Gasteiger partial charge on any atom is -0.320 e. The first-order valence-electron chi connectivity index (χ1n) is 10.0. The third kappa shape index (κ3) is 3.89. The van der Waals surface area contributed by atoms with E-state index in [1.807, 2.05) is 47.1 Å². The molecule has 0 aliphatic rings. The Labute approximate surface area is 191 Å². The molecule has 10 heteroatoms. The lowest BCUT2D eigenvalue weighted by atomic mass is 10.2. The van der Waals surface area contributed by atoms with Gasteiger partial charge in [0.1, 0.15) is 22.0 Å². The molecule has 0 saturated carbocycles. The summed E-state index contributed by atoms with van der Waals surface area (Å²) in [6.07, 6.45) is 2.52. The maximum Gasteiger partial charge on any atom is 0.281 e. The fourth-order valence-corrected chi connectivity index (χ4v) is 4.52. The summed E-state index contributed by atoms with van der Waals surface area (Å²) in [5.41, 5.74) is 3.41. The minimum atomic E-state index is -2.68. The molecule has 0 aliphatic carbocycles. The van der Waals surface area contributed by atoms with Crippen LogP contribution in [0.15, 0.2) is 61.1 Å². The van der Waals surface area contributed by atoms with E-state index in [-0.39, 0.29) is 11.4 Å². The van der Waals surface area contributed by atoms with Crippen LogP contribution in [-0.4, -0.2) is 30.1 Å². The number of fused-ring (bicyclic) bond motifs is 1. The second kappa shape index (κ2) is 8.21. The van der Waals surface area contributed by atoms with Crippen molar-refractivity contribution in [3.8, 4) is 21.8 Å². The molecule has 1 aromatic carbocycles. The van der Waals surface area contributed by atoms with Gasteiger partial charge in [0, 0.05) is 41.6 Å². The molecule has 1 amide bonds. The van der Waals surface area contributed by atoms with Crippen LogP contribution in [0.4, 0.5) is 14.5 Å². The van der Waals surface area contributed by atoms with Crippen LogP contribution in [0.1, 0.15) is 27.5 Å². The Bertz CT molecular complexity index is 1470. The SMILES string of the molecule is Cc1sc(-c2cnn(C)c2C(=O)Nc2ccn3cc(-c4ccccc4)nc3c2)nc1C(F)F. The summed E-state index contributed by atoms with van der Waals surface area (Å²) >= 11 is 1.11. The number of amides is 1. The van der Waals surface area contributed by atoms with Crippen molar-refractivity contribution in [2.75, 3.05) is 5.32 Å². The molecule has 0 spiro atoms. The highest BCUT2D eigenvalue weighted by Gasteiger charge is 2.24. The Balaban J connectivity index is 1.44. The fraction of sp³-hybridized carbons (Fsp3) is 0.130. The van der Waals surface area contributed by atoms with Gasteiger partial charge in [-0.25, -0.2) is 18.7 Å². The van der Waals surface area contributed by atoms with Crippen molar-refractivity contribution in [1.82, 2.24) is 24.1 Å². The van der Waals surface area contributed by atoms with Gasteiger partial charge in [0.25, 0.3) is 12.3 Å². The van der Waals surface area contributed by atoms with E-state index in [9.17, 15) is 13.6 Å². The zero-order chi connectivity index (χ0) is 23.1. The first-order chi connectivity index (χ1) is 15.9. The van der Waals surface area contributed by atoms with Gasteiger partial charge >= 0.3 is 0 Å². The average molecular weight is 465 g/mol. The highest BCUT2D eigenvalue weighted by molar-refractivity contribution is 7.15. The first kappa shape index (κ1) is 21.0. The predicted molar refractivity (Wildman–Crippen MR) is 123 cm³/mol. The van der Waals surface area contributed by atoms with Crippen molar-refractivity contribution in [3.63, 3.8) is 0 Å². The van der Waals surface area contributed by atoms with E-state index in [2.05, 4.69) is 20.4 Å². The number of anilines is 1. The second-order valence-electron chi connectivity index (χ2n) is 7.42. The number of alkyl halides is 2. The van der Waals surface area contributed by atoms with Crippen LogP contribution in [0.25, 0.3) is 27.5 Å². The maximum absolute atomic E-state index is 13.2. The van der Waals surface area contributed by atoms with Gasteiger partial charge in [-0.3, -0.25) is 9.48 Å². The number of hydrogen-bond acceptors (Lipinski definition) is 5. The summed E-state index contributed by atoms with van der Waals surface area (Å²) in [6, 6.07) is 13.3. The van der Waals surface area contributed by atoms with Crippen LogP contribution in [-0.2, 0) is 7.05 Å². The van der Waals surface area contributed by atoms with Gasteiger partial charge < -0.3 is 9.72 Å². The van der Waals surface area contributed by atoms with E-state index in [0.717, 1.165) is 22.6 Å². The van der Waals surface area contributed by atoms with Crippen molar-refractivity contribution >= 4 is 28.6 Å². The summed E-state index contributed by atoms with van der Waals surface area (Å²) in [5.74, 6) is -0.421. The highest BCUT2D eigenvalue weighted by atomic mass is 32.1. The molecule has 7 nitrogen and oxygen atoms in total. The molecule has 5 aromatic rings. The Morgan fingerprint density at radius 1 is 1.15 bits per heavy atom. The van der Waals surface area contributed by atoms with Gasteiger partial charge in [-0.2, -0.15) is 5.10 Å². The molecule has 0 saturated heterocycles. The number of benzene rings is 1. The van der Waals surface area contributed by atoms with Crippen molar-refractivity contribution < 1.29 is 13.6 Å². The van der Waals surface area contributed by atoms with Crippen molar-refractivity contribution in [2.45, 2.75) is 13.3 Å². The number of aryl methyl sites for hydroxylation is 2. The summed E-state index contributed by atoms with van der Waals surface area (Å²) < 4.78 is 29.6. The number of hydrogen-bond donors (Lipinski definition) is 1. The molecule has 33 heavy (non-hydrogen) atoms. The number of thiazole rings is 1. The summed E-state index contributed by atoms with van der Waals surface area (Å²) in [4.78, 5) is 22.2. The Morgan fingerprint density at radius 2 is 1.94 bits per heavy atom. The van der Waals surface area contributed by atoms with Gasteiger partial charge in [-0.05, 0) is 13.0 Å². The normalized spacial score (nSPS) is 11.4. The van der Waals surface area contributed by atoms with Crippen LogP contribution in [0.2, 0.25) is 0 Å². The number of nitrogens with one attached hydrogen (secondary N) is 1. The number of halogens is 2. The lowest BCUT2D eigenvalue weighted by Gasteiger charge is -2.07. The fourth-order valence-electron chi connectivity index (χ4n) is 3.59. The molecule has 0 aliphatic heterocycles. The molecule has 5 rings (SSSR count). The highest BCUT2D eigenvalue weighted by Crippen LogP contribution is 2.34. The van der Waals surface area contributed by atoms with E-state index in [1.165, 1.54) is 10.9 Å². The summed E-state index contributed by atoms with van der Waals surface area (Å²) in [5, 5.41) is 7.33. The molecule has 0 radical (unpaired) electrons. The van der Waals surface area contributed by atoms with Gasteiger partial charge in [0.15, 0.2) is 0 Å². The van der Waals surface area contributed by atoms with E-state index in [4.69, 9.17) is 0 Å². The summed E-state index contributed by atoms with van der Waals surface area (Å²) in [7, 11) is 1.62. The van der Waals surface area contributed by atoms with Crippen LogP contribution in [0.5, 0.6) is 0 Å². The van der Waals surface area contributed by atoms with Crippen molar-refractivity contribution in [3.05, 3.63) is 77.3 Å². The monoisotopic (exact) mass is 464 g/mol. The third-order valence-corrected chi connectivity index (χ3v) is 6.23. The van der Waals surface area contributed by atoms with Crippen molar-refractivity contribution in [1.29, 1.82) is 0 Å². The average Bonchev–Trinajstić information content (AvgIpc) is 3.50. The van der Waals surface area contributed by atoms with Crippen LogP contribution < -0.4 is 5.32 Å². The van der Waals surface area contributed by atoms with Crippen LogP contribution >= 0.6 is 11.3 Å². The molecule has 0 unspecified atom stereocenters. The standard InChI is InChI=1S/C23H18F2N6OS/c1-13-19(21(24)25)29-23(33-13)16-11-26-30(2)20(16)22(32)27-15-8-9-31-12-17(28-18(31)10-15)14-6-4-3-5-7-14/h3-12,21H,1-2H3,(H,27,32). The smallest absolute Gasteiger partial charge is 0.281 e. The van der Waals surface area contributed by atoms with Crippen molar-refractivity contribution in [2.24, 2.45) is 7.05 Å². The topological polar surface area (TPSA) is 77.1 Å². The number of aromatic nitrogens is 5. The lowest BCUT2D eigenvalue weighted by Crippen LogP contribution is -2.17. The number of pyridine rings is 1. The van der Waals surface area contributed by atoms with E-state index < -0.39 is 12.3 Å². The first-order valence-corrected chi connectivity index (χ1v) is 10.9. The molecular formula is C23H18F2N6OS. The van der Waals surface area contributed by atoms with Crippen LogP contribution in [0.3, 0.4) is 0 Å². The zero-order valence-electron chi connectivity index (χ0n) is 17.7. The quantitative estimate of drug-likeness (QED) is 0.380. The number of carbonyl (C=O) groups excluding carboxylic acids is 1. The van der Waals surface area contributed by atoms with Gasteiger partial charge in [-0.1, -0.05) is 30.3 Å². The number of rotatable bonds is 5. The summed E-state index contributed by atoms with van der Waals surface area (Å²) in [6.45, 7) is 1.59. The van der Waals surface area contributed by atoms with E-state index in [0.29, 0.717) is 26.8 Å². The predicted octanol–water partition coefficient (Wildman–Crippen LogP) is 5.36. The van der Waals surface area contributed by atoms with E-state index in [1.54, 1.807) is 26.1 Å². The minimum absolute atomic E-state index is 0.234. The number of nitrogens with zero attached hydrogens (tertiary/aromatic N) is 5. The molecule has 0 fully saturated rings. The molecule has 0 bridgehead atoms. The third-order valence-electron chi connectivity index (χ3n) is 5.21. The maximum atomic E-state index is 13.2. The van der Waals surface area contributed by atoms with Gasteiger partial charge in [-0.15, -0.1) is 11.3 Å². The van der Waals surface area contributed by atoms with E-state index >= 15 is 0 Å².